The zero-order valence-corrected chi connectivity index (χ0v) is 31.3. The highest BCUT2D eigenvalue weighted by Gasteiger charge is 2.30. The second-order valence-electron chi connectivity index (χ2n) is 13.2. The number of hydrogen-bond acceptors (Lipinski definition) is 10. The molecule has 0 radical (unpaired) electrons. The van der Waals surface area contributed by atoms with Crippen LogP contribution in [0.15, 0.2) is 71.3 Å². The van der Waals surface area contributed by atoms with E-state index in [1.807, 2.05) is 66.1 Å². The largest absolute Gasteiger partial charge is 0.493 e. The van der Waals surface area contributed by atoms with Crippen LogP contribution in [-0.2, 0) is 6.54 Å². The lowest BCUT2D eigenvalue weighted by Crippen LogP contribution is -2.38. The lowest BCUT2D eigenvalue weighted by Gasteiger charge is -2.32. The number of imidazole rings is 1. The van der Waals surface area contributed by atoms with E-state index in [4.69, 9.17) is 33.1 Å². The molecule has 0 bridgehead atoms. The Kier molecular flexibility index (Phi) is 11.9. The van der Waals surface area contributed by atoms with Crippen molar-refractivity contribution in [2.75, 3.05) is 61.7 Å². The number of rotatable bonds is 16. The number of carbonyl (C=O) groups excluding carboxylic acids is 2. The molecule has 12 nitrogen and oxygen atoms in total. The summed E-state index contributed by atoms with van der Waals surface area (Å²) in [7, 11) is 7.83. The van der Waals surface area contributed by atoms with Crippen molar-refractivity contribution >= 4 is 22.7 Å². The van der Waals surface area contributed by atoms with E-state index in [9.17, 15) is 9.59 Å². The number of piperidine rings is 1. The van der Waals surface area contributed by atoms with Crippen molar-refractivity contribution in [2.24, 2.45) is 5.92 Å². The first kappa shape index (κ1) is 37.3. The first-order valence-electron chi connectivity index (χ1n) is 17.8. The fourth-order valence-electron chi connectivity index (χ4n) is 7.26. The van der Waals surface area contributed by atoms with E-state index in [1.54, 1.807) is 26.5 Å². The molecule has 1 aliphatic rings. The highest BCUT2D eigenvalue weighted by atomic mass is 16.5. The van der Waals surface area contributed by atoms with Gasteiger partial charge in [-0.05, 0) is 93.8 Å². The molecule has 3 aromatic carbocycles. The molecule has 1 unspecified atom stereocenters. The highest BCUT2D eigenvalue weighted by Crippen LogP contribution is 2.41. The molecule has 1 amide bonds. The van der Waals surface area contributed by atoms with Gasteiger partial charge < -0.3 is 42.9 Å². The van der Waals surface area contributed by atoms with Crippen LogP contribution in [0.2, 0.25) is 0 Å². The number of Topliss-reactive ketones (excluding diaryl/α,β-unsaturated/α-hetero) is 1. The molecule has 0 aliphatic carbocycles. The Morgan fingerprint density at radius 2 is 1.60 bits per heavy atom. The van der Waals surface area contributed by atoms with Gasteiger partial charge in [0.05, 0.1) is 59.4 Å². The predicted molar refractivity (Wildman–Crippen MR) is 201 cm³/mol. The van der Waals surface area contributed by atoms with Crippen molar-refractivity contribution in [2.45, 2.75) is 38.6 Å². The first-order valence-corrected chi connectivity index (χ1v) is 17.8. The number of hydrogen-bond donors (Lipinski definition) is 1. The van der Waals surface area contributed by atoms with Crippen LogP contribution in [0.4, 0.5) is 0 Å². The number of aromatic nitrogens is 2. The molecule has 3 heterocycles. The van der Waals surface area contributed by atoms with Gasteiger partial charge in [-0.25, -0.2) is 4.98 Å². The summed E-state index contributed by atoms with van der Waals surface area (Å²) in [4.78, 5) is 34.8. The van der Waals surface area contributed by atoms with Crippen molar-refractivity contribution in [1.29, 1.82) is 0 Å². The number of ether oxygens (including phenoxy) is 5. The van der Waals surface area contributed by atoms with Gasteiger partial charge in [-0.1, -0.05) is 18.2 Å². The summed E-state index contributed by atoms with van der Waals surface area (Å²) >= 11 is 0. The highest BCUT2D eigenvalue weighted by molar-refractivity contribution is 5.98. The minimum atomic E-state index is -0.246. The van der Waals surface area contributed by atoms with Crippen LogP contribution >= 0.6 is 0 Å². The van der Waals surface area contributed by atoms with Gasteiger partial charge in [0.1, 0.15) is 5.76 Å². The van der Waals surface area contributed by atoms with Crippen molar-refractivity contribution in [3.8, 4) is 28.7 Å². The molecule has 53 heavy (non-hydrogen) atoms. The number of ketones is 1. The molecule has 5 aromatic rings. The molecule has 12 heteroatoms. The van der Waals surface area contributed by atoms with Crippen LogP contribution in [0, 0.1) is 12.8 Å². The molecule has 1 atom stereocenters. The quantitative estimate of drug-likeness (QED) is 0.112. The van der Waals surface area contributed by atoms with Crippen LogP contribution in [-0.4, -0.2) is 87.9 Å². The molecule has 1 saturated heterocycles. The smallest absolute Gasteiger partial charge is 0.251 e. The number of nitrogens with zero attached hydrogens (tertiary/aromatic N) is 3. The Hall–Kier alpha value is -5.49. The SMILES string of the molecule is COc1ccc(C(CCN2CCC(C(=O)c3nc4ccccc4n3Cc3ccco3)CC2)CNC(=O)c2cc(OC)c(OC)c(OC)c2C)cc1OC. The van der Waals surface area contributed by atoms with E-state index >= 15 is 0 Å². The molecule has 1 N–H and O–H groups in total. The molecule has 0 saturated carbocycles. The number of carbonyl (C=O) groups is 2. The molecule has 6 rings (SSSR count). The number of fused-ring (bicyclic) bond motifs is 1. The molecular formula is C41H48N4O8. The predicted octanol–water partition coefficient (Wildman–Crippen LogP) is 6.53. The van der Waals surface area contributed by atoms with Crippen LogP contribution in [0.5, 0.6) is 28.7 Å². The Labute approximate surface area is 309 Å². The fraction of sp³-hybridized carbons (Fsp3) is 0.390. The van der Waals surface area contributed by atoms with Gasteiger partial charge in [-0.3, -0.25) is 9.59 Å². The van der Waals surface area contributed by atoms with E-state index in [1.165, 1.54) is 21.3 Å². The Balaban J connectivity index is 1.15. The standard InChI is InChI=1S/C41H48N4O8/c1-26-31(23-36(50-4)39(52-6)38(26)51-5)41(47)42-24-29(28-13-14-34(48-2)35(22-28)49-3)17-20-44-18-15-27(16-19-44)37(46)40-43-32-11-7-8-12-33(32)45(40)25-30-10-9-21-53-30/h7-14,21-23,27,29H,15-20,24-25H2,1-6H3,(H,42,47). The van der Waals surface area contributed by atoms with Crippen molar-refractivity contribution in [3.63, 3.8) is 0 Å². The van der Waals surface area contributed by atoms with Crippen molar-refractivity contribution in [3.05, 3.63) is 95.2 Å². The number of likely N-dealkylation sites (tertiary alicyclic amines) is 1. The second-order valence-corrected chi connectivity index (χ2v) is 13.2. The van der Waals surface area contributed by atoms with Gasteiger partial charge in [-0.15, -0.1) is 0 Å². The topological polar surface area (TPSA) is 127 Å². The first-order chi connectivity index (χ1) is 25.8. The summed E-state index contributed by atoms with van der Waals surface area (Å²) in [5.41, 5.74) is 3.83. The number of furan rings is 1. The second kappa shape index (κ2) is 16.9. The third-order valence-electron chi connectivity index (χ3n) is 10.2. The van der Waals surface area contributed by atoms with Gasteiger partial charge in [0.25, 0.3) is 5.91 Å². The van der Waals surface area contributed by atoms with Crippen LogP contribution in [0.1, 0.15) is 63.0 Å². The van der Waals surface area contributed by atoms with Gasteiger partial charge in [0.15, 0.2) is 28.8 Å². The molecule has 280 valence electrons. The number of amides is 1. The van der Waals surface area contributed by atoms with Crippen LogP contribution < -0.4 is 29.0 Å². The summed E-state index contributed by atoms with van der Waals surface area (Å²) < 4.78 is 35.3. The fourth-order valence-corrected chi connectivity index (χ4v) is 7.26. The van der Waals surface area contributed by atoms with Gasteiger partial charge in [0, 0.05) is 29.5 Å². The van der Waals surface area contributed by atoms with E-state index < -0.39 is 0 Å². The monoisotopic (exact) mass is 724 g/mol. The summed E-state index contributed by atoms with van der Waals surface area (Å²) in [5.74, 6) is 3.47. The maximum atomic E-state index is 14.0. The van der Waals surface area contributed by atoms with Gasteiger partial charge >= 0.3 is 0 Å². The van der Waals surface area contributed by atoms with Gasteiger partial charge in [-0.2, -0.15) is 0 Å². The summed E-state index contributed by atoms with van der Waals surface area (Å²) in [6, 6.07) is 19.2. The molecule has 1 aliphatic heterocycles. The van der Waals surface area contributed by atoms with Crippen LogP contribution in [0.25, 0.3) is 11.0 Å². The number of methoxy groups -OCH3 is 5. The van der Waals surface area contributed by atoms with E-state index in [-0.39, 0.29) is 23.5 Å². The normalized spacial score (nSPS) is 14.2. The maximum absolute atomic E-state index is 14.0. The molecule has 2 aromatic heterocycles. The molecular weight excluding hydrogens is 676 g/mol. The van der Waals surface area contributed by atoms with E-state index in [0.717, 1.165) is 61.3 Å². The average Bonchev–Trinajstić information content (AvgIpc) is 3.85. The average molecular weight is 725 g/mol. The number of para-hydroxylation sites is 2. The lowest BCUT2D eigenvalue weighted by molar-refractivity contribution is 0.0823. The van der Waals surface area contributed by atoms with Crippen molar-refractivity contribution < 1.29 is 37.7 Å². The third-order valence-corrected chi connectivity index (χ3v) is 10.2. The minimum absolute atomic E-state index is 0.0398. The minimum Gasteiger partial charge on any atom is -0.493 e. The Bertz CT molecular complexity index is 2030. The Morgan fingerprint density at radius 1 is 0.868 bits per heavy atom. The number of nitrogens with one attached hydrogen (secondary N) is 1. The zero-order chi connectivity index (χ0) is 37.5. The van der Waals surface area contributed by atoms with Crippen molar-refractivity contribution in [1.82, 2.24) is 19.8 Å². The van der Waals surface area contributed by atoms with E-state index in [2.05, 4.69) is 10.2 Å². The Morgan fingerprint density at radius 3 is 2.28 bits per heavy atom. The van der Waals surface area contributed by atoms with Gasteiger partial charge in [0.2, 0.25) is 11.5 Å². The molecule has 0 spiro atoms. The summed E-state index contributed by atoms with van der Waals surface area (Å²) in [5, 5.41) is 3.16. The summed E-state index contributed by atoms with van der Waals surface area (Å²) in [6.07, 6.45) is 3.88. The van der Waals surface area contributed by atoms with E-state index in [0.29, 0.717) is 58.8 Å². The summed E-state index contributed by atoms with van der Waals surface area (Å²) in [6.45, 7) is 5.00. The maximum Gasteiger partial charge on any atom is 0.251 e. The molecule has 1 fully saturated rings. The van der Waals surface area contributed by atoms with Crippen LogP contribution in [0.3, 0.4) is 0 Å². The zero-order valence-electron chi connectivity index (χ0n) is 31.3. The third kappa shape index (κ3) is 7.97. The number of benzene rings is 3. The lowest BCUT2D eigenvalue weighted by atomic mass is 9.90.